The van der Waals surface area contributed by atoms with Crippen molar-refractivity contribution in [3.8, 4) is 0 Å². The third-order valence-electron chi connectivity index (χ3n) is 4.05. The molecule has 0 radical (unpaired) electrons. The van der Waals surface area contributed by atoms with Crippen molar-refractivity contribution in [1.29, 1.82) is 0 Å². The summed E-state index contributed by atoms with van der Waals surface area (Å²) in [5, 5.41) is 3.40. The van der Waals surface area contributed by atoms with Crippen LogP contribution < -0.4 is 10.7 Å². The fourth-order valence-corrected chi connectivity index (χ4v) is 2.73. The molecule has 1 saturated heterocycles. The molecule has 0 unspecified atom stereocenters. The molecule has 0 spiro atoms. The van der Waals surface area contributed by atoms with Gasteiger partial charge in [0.05, 0.1) is 6.26 Å². The normalized spacial score (nSPS) is 20.1. The summed E-state index contributed by atoms with van der Waals surface area (Å²) in [5.74, 6) is -0.648. The Morgan fingerprint density at radius 1 is 1.24 bits per heavy atom. The van der Waals surface area contributed by atoms with Crippen LogP contribution >= 0.6 is 0 Å². The van der Waals surface area contributed by atoms with E-state index in [1.54, 1.807) is 43.3 Å². The average molecular weight is 339 g/mol. The number of hydrogen-bond donors (Lipinski definition) is 2. The molecule has 0 saturated carbocycles. The second-order valence-electron chi connectivity index (χ2n) is 5.52. The maximum atomic E-state index is 12.8. The molecule has 4 amide bonds. The van der Waals surface area contributed by atoms with Crippen molar-refractivity contribution in [2.45, 2.75) is 18.9 Å². The van der Waals surface area contributed by atoms with Gasteiger partial charge in [0.25, 0.3) is 11.8 Å². The highest BCUT2D eigenvalue weighted by Gasteiger charge is 2.52. The van der Waals surface area contributed by atoms with Crippen molar-refractivity contribution in [2.24, 2.45) is 0 Å². The predicted octanol–water partition coefficient (Wildman–Crippen LogP) is 2.18. The van der Waals surface area contributed by atoms with E-state index in [4.69, 9.17) is 4.42 Å². The molecule has 2 heterocycles. The van der Waals surface area contributed by atoms with Crippen LogP contribution in [0.15, 0.2) is 59.2 Å². The monoisotopic (exact) mass is 339 g/mol. The Kier molecular flexibility index (Phi) is 4.38. The summed E-state index contributed by atoms with van der Waals surface area (Å²) in [4.78, 5) is 37.1. The highest BCUT2D eigenvalue weighted by atomic mass is 16.3. The number of furan rings is 1. The zero-order valence-electron chi connectivity index (χ0n) is 13.6. The van der Waals surface area contributed by atoms with Gasteiger partial charge >= 0.3 is 6.03 Å². The summed E-state index contributed by atoms with van der Waals surface area (Å²) in [5.41, 5.74) is 1.79. The maximum absolute atomic E-state index is 12.8. The molecular formula is C18H17N3O4. The minimum Gasteiger partial charge on any atom is -0.465 e. The van der Waals surface area contributed by atoms with Crippen LogP contribution in [-0.2, 0) is 15.1 Å². The van der Waals surface area contributed by atoms with Crippen molar-refractivity contribution in [1.82, 2.24) is 15.8 Å². The zero-order valence-corrected chi connectivity index (χ0v) is 13.6. The van der Waals surface area contributed by atoms with Crippen LogP contribution in [0.2, 0.25) is 0 Å². The minimum atomic E-state index is -1.18. The number of amides is 4. The number of nitrogens with zero attached hydrogens (tertiary/aromatic N) is 1. The van der Waals surface area contributed by atoms with Crippen molar-refractivity contribution in [3.05, 3.63) is 66.1 Å². The van der Waals surface area contributed by atoms with E-state index in [1.807, 2.05) is 6.07 Å². The van der Waals surface area contributed by atoms with E-state index in [0.29, 0.717) is 22.8 Å². The highest BCUT2D eigenvalue weighted by Crippen LogP contribution is 2.31. The van der Waals surface area contributed by atoms with Gasteiger partial charge in [-0.1, -0.05) is 37.3 Å². The SMILES string of the molecule is CC[C@@]1(c2ccccc2)NC(=O)N(NC(=O)/C=C/c2ccco2)C1=O. The molecule has 0 aliphatic carbocycles. The maximum Gasteiger partial charge on any atom is 0.344 e. The van der Waals surface area contributed by atoms with Crippen LogP contribution in [0, 0.1) is 0 Å². The van der Waals surface area contributed by atoms with Gasteiger partial charge in [-0.25, -0.2) is 4.79 Å². The van der Waals surface area contributed by atoms with Crippen LogP contribution in [0.5, 0.6) is 0 Å². The summed E-state index contributed by atoms with van der Waals surface area (Å²) < 4.78 is 5.08. The lowest BCUT2D eigenvalue weighted by Crippen LogP contribution is -2.48. The molecule has 1 aliphatic rings. The second-order valence-corrected chi connectivity index (χ2v) is 5.52. The van der Waals surface area contributed by atoms with Crippen LogP contribution in [-0.4, -0.2) is 22.9 Å². The Hall–Kier alpha value is -3.35. The molecule has 7 heteroatoms. The molecule has 1 aliphatic heterocycles. The van der Waals surface area contributed by atoms with Gasteiger partial charge in [-0.2, -0.15) is 5.01 Å². The molecule has 1 fully saturated rings. The molecule has 7 nitrogen and oxygen atoms in total. The summed E-state index contributed by atoms with van der Waals surface area (Å²) >= 11 is 0. The molecule has 0 bridgehead atoms. The first-order valence-corrected chi connectivity index (χ1v) is 7.81. The van der Waals surface area contributed by atoms with Crippen LogP contribution in [0.25, 0.3) is 6.08 Å². The summed E-state index contributed by atoms with van der Waals surface area (Å²) in [6, 6.07) is 11.6. The molecule has 2 N–H and O–H groups in total. The first-order chi connectivity index (χ1) is 12.1. The van der Waals surface area contributed by atoms with Crippen molar-refractivity contribution in [2.75, 3.05) is 0 Å². The van der Waals surface area contributed by atoms with Gasteiger partial charge in [-0.3, -0.25) is 15.0 Å². The van der Waals surface area contributed by atoms with Gasteiger partial charge in [0.2, 0.25) is 0 Å². The van der Waals surface area contributed by atoms with Crippen LogP contribution in [0.1, 0.15) is 24.7 Å². The number of imide groups is 1. The summed E-state index contributed by atoms with van der Waals surface area (Å²) in [6.45, 7) is 1.80. The molecule has 1 aromatic heterocycles. The van der Waals surface area contributed by atoms with Crippen LogP contribution in [0.4, 0.5) is 4.79 Å². The lowest BCUT2D eigenvalue weighted by molar-refractivity contribution is -0.138. The molecule has 128 valence electrons. The number of rotatable bonds is 5. The highest BCUT2D eigenvalue weighted by molar-refractivity contribution is 6.09. The van der Waals surface area contributed by atoms with E-state index in [2.05, 4.69) is 10.7 Å². The Morgan fingerprint density at radius 2 is 2.00 bits per heavy atom. The third-order valence-corrected chi connectivity index (χ3v) is 4.05. The molecule has 1 aromatic carbocycles. The largest absolute Gasteiger partial charge is 0.465 e. The van der Waals surface area contributed by atoms with Gasteiger partial charge in [-0.15, -0.1) is 0 Å². The third kappa shape index (κ3) is 3.03. The van der Waals surface area contributed by atoms with E-state index in [0.717, 1.165) is 0 Å². The summed E-state index contributed by atoms with van der Waals surface area (Å²) in [6.07, 6.45) is 4.46. The van der Waals surface area contributed by atoms with Crippen molar-refractivity contribution < 1.29 is 18.8 Å². The Bertz CT molecular complexity index is 814. The number of carbonyl (C=O) groups excluding carboxylic acids is 3. The number of nitrogens with one attached hydrogen (secondary N) is 2. The number of benzene rings is 1. The van der Waals surface area contributed by atoms with E-state index < -0.39 is 23.4 Å². The number of hydrogen-bond acceptors (Lipinski definition) is 4. The predicted molar refractivity (Wildman–Crippen MR) is 89.7 cm³/mol. The topological polar surface area (TPSA) is 91.7 Å². The quantitative estimate of drug-likeness (QED) is 0.645. The van der Waals surface area contributed by atoms with E-state index >= 15 is 0 Å². The van der Waals surface area contributed by atoms with Crippen molar-refractivity contribution in [3.63, 3.8) is 0 Å². The molecule has 1 atom stereocenters. The number of carbonyl (C=O) groups is 3. The van der Waals surface area contributed by atoms with E-state index in [-0.39, 0.29) is 0 Å². The second kappa shape index (κ2) is 6.64. The van der Waals surface area contributed by atoms with Gasteiger partial charge < -0.3 is 9.73 Å². The van der Waals surface area contributed by atoms with Gasteiger partial charge in [0.15, 0.2) is 0 Å². The standard InChI is InChI=1S/C18H17N3O4/c1-2-18(13-7-4-3-5-8-13)16(23)21(17(24)19-18)20-15(22)11-10-14-9-6-12-25-14/h3-12H,2H2,1H3,(H,19,24)(H,20,22)/b11-10+/t18-/m0/s1. The lowest BCUT2D eigenvalue weighted by atomic mass is 9.87. The number of hydrazine groups is 1. The molecule has 2 aromatic rings. The lowest BCUT2D eigenvalue weighted by Gasteiger charge is -2.25. The Morgan fingerprint density at radius 3 is 2.64 bits per heavy atom. The molecule has 25 heavy (non-hydrogen) atoms. The summed E-state index contributed by atoms with van der Waals surface area (Å²) in [7, 11) is 0. The Labute approximate surface area is 144 Å². The zero-order chi connectivity index (χ0) is 17.9. The van der Waals surface area contributed by atoms with E-state index in [9.17, 15) is 14.4 Å². The van der Waals surface area contributed by atoms with Crippen LogP contribution in [0.3, 0.4) is 0 Å². The molecule has 3 rings (SSSR count). The van der Waals surface area contributed by atoms with Crippen molar-refractivity contribution >= 4 is 23.9 Å². The molecular weight excluding hydrogens is 322 g/mol. The smallest absolute Gasteiger partial charge is 0.344 e. The van der Waals surface area contributed by atoms with Gasteiger partial charge in [-0.05, 0) is 30.2 Å². The fraction of sp³-hybridized carbons (Fsp3) is 0.167. The average Bonchev–Trinajstić information content (AvgIpc) is 3.23. The first-order valence-electron chi connectivity index (χ1n) is 7.81. The number of urea groups is 1. The van der Waals surface area contributed by atoms with E-state index in [1.165, 1.54) is 18.4 Å². The van der Waals surface area contributed by atoms with Gasteiger partial charge in [0.1, 0.15) is 11.3 Å². The fourth-order valence-electron chi connectivity index (χ4n) is 2.73. The Balaban J connectivity index is 1.78. The van der Waals surface area contributed by atoms with Gasteiger partial charge in [0, 0.05) is 6.08 Å². The first kappa shape index (κ1) is 16.5. The minimum absolute atomic E-state index is 0.357.